The molecule has 41 heavy (non-hydrogen) atoms. The molecule has 4 aromatic rings. The maximum absolute atomic E-state index is 13.9. The lowest BCUT2D eigenvalue weighted by Gasteiger charge is -2.30. The Morgan fingerprint density at radius 3 is 2.59 bits per heavy atom. The van der Waals surface area contributed by atoms with Gasteiger partial charge in [0.1, 0.15) is 23.9 Å². The first-order valence-corrected chi connectivity index (χ1v) is 12.8. The van der Waals surface area contributed by atoms with Crippen LogP contribution in [0.5, 0.6) is 17.4 Å². The topological polar surface area (TPSA) is 125 Å². The molecule has 3 heterocycles. The Morgan fingerprint density at radius 2 is 1.85 bits per heavy atom. The van der Waals surface area contributed by atoms with Gasteiger partial charge in [-0.3, -0.25) is 9.36 Å². The van der Waals surface area contributed by atoms with Crippen LogP contribution in [-0.4, -0.2) is 57.6 Å². The fourth-order valence-electron chi connectivity index (χ4n) is 4.59. The van der Waals surface area contributed by atoms with Gasteiger partial charge in [0.25, 0.3) is 0 Å². The Balaban J connectivity index is 1.31. The molecule has 0 bridgehead atoms. The number of primary amides is 1. The van der Waals surface area contributed by atoms with Gasteiger partial charge in [0.2, 0.25) is 11.8 Å². The molecule has 5 rings (SSSR count). The molecule has 0 unspecified atom stereocenters. The average molecular weight is 569 g/mol. The third-order valence-electron chi connectivity index (χ3n) is 6.65. The van der Waals surface area contributed by atoms with Crippen molar-refractivity contribution in [2.45, 2.75) is 31.5 Å². The molecule has 0 atom stereocenters. The van der Waals surface area contributed by atoms with Gasteiger partial charge < -0.3 is 25.4 Å². The number of benzene rings is 2. The van der Waals surface area contributed by atoms with Crippen molar-refractivity contribution in [3.05, 3.63) is 72.3 Å². The second-order valence-corrected chi connectivity index (χ2v) is 9.76. The van der Waals surface area contributed by atoms with Crippen molar-refractivity contribution >= 4 is 28.5 Å². The number of hydrogen-bond acceptors (Lipinski definition) is 7. The fourth-order valence-corrected chi connectivity index (χ4v) is 4.59. The molecular formula is C28H27F3N6O4. The Morgan fingerprint density at radius 1 is 1.07 bits per heavy atom. The Hall–Kier alpha value is -4.65. The molecule has 0 radical (unpaired) electrons. The van der Waals surface area contributed by atoms with Crippen LogP contribution in [0.15, 0.2) is 61.1 Å². The number of aromatic nitrogens is 3. The lowest BCUT2D eigenvalue weighted by Crippen LogP contribution is -2.36. The summed E-state index contributed by atoms with van der Waals surface area (Å²) >= 11 is 0. The van der Waals surface area contributed by atoms with Gasteiger partial charge in [0.15, 0.2) is 0 Å². The van der Waals surface area contributed by atoms with Crippen LogP contribution in [0.3, 0.4) is 0 Å². The number of likely N-dealkylation sites (tertiary alicyclic amines) is 1. The zero-order valence-corrected chi connectivity index (χ0v) is 22.0. The normalized spacial score (nSPS) is 14.6. The van der Waals surface area contributed by atoms with E-state index >= 15 is 0 Å². The van der Waals surface area contributed by atoms with Crippen molar-refractivity contribution < 1.29 is 32.2 Å². The van der Waals surface area contributed by atoms with Crippen molar-refractivity contribution in [3.63, 3.8) is 0 Å². The molecule has 2 amide bonds. The Bertz CT molecular complexity index is 1580. The Labute approximate surface area is 232 Å². The molecule has 13 heteroatoms. The highest BCUT2D eigenvalue weighted by Crippen LogP contribution is 2.39. The largest absolute Gasteiger partial charge is 0.490 e. The number of carbonyl (C=O) groups is 2. The smallest absolute Gasteiger partial charge is 0.420 e. The number of anilines is 1. The number of piperidine rings is 1. The summed E-state index contributed by atoms with van der Waals surface area (Å²) in [6.45, 7) is 1.49. The first-order chi connectivity index (χ1) is 19.5. The van der Waals surface area contributed by atoms with Crippen LogP contribution < -0.4 is 20.5 Å². The standard InChI is InChI=1S/C28H27F3N6O4/c1-36-9-7-20(8-10-36)40-24-5-2-18(13-22(24)28(29,30)31)35-27(39)37-11-6-17-12-21(3-4-23(17)37)41-26-15-19(14-25(32)38)33-16-34-26/h2-6,11-13,15-16,20H,7-10,14H2,1H3,(H2,32,38)(H,35,39). The number of amides is 2. The number of nitrogens with zero attached hydrogens (tertiary/aromatic N) is 4. The highest BCUT2D eigenvalue weighted by molar-refractivity contribution is 5.98. The summed E-state index contributed by atoms with van der Waals surface area (Å²) in [6.07, 6.45) is -1.01. The molecular weight excluding hydrogens is 541 g/mol. The molecule has 1 aliphatic heterocycles. The lowest BCUT2D eigenvalue weighted by atomic mass is 10.1. The van der Waals surface area contributed by atoms with Crippen molar-refractivity contribution in [2.24, 2.45) is 5.73 Å². The number of halogens is 3. The first kappa shape index (κ1) is 27.9. The predicted molar refractivity (Wildman–Crippen MR) is 144 cm³/mol. The van der Waals surface area contributed by atoms with Gasteiger partial charge >= 0.3 is 12.2 Å². The molecule has 1 saturated heterocycles. The van der Waals surface area contributed by atoms with Crippen LogP contribution in [0.2, 0.25) is 0 Å². The second kappa shape index (κ2) is 11.5. The minimum absolute atomic E-state index is 0.0182. The van der Waals surface area contributed by atoms with Crippen LogP contribution in [0, 0.1) is 0 Å². The van der Waals surface area contributed by atoms with Crippen molar-refractivity contribution in [2.75, 3.05) is 25.5 Å². The summed E-state index contributed by atoms with van der Waals surface area (Å²) < 4.78 is 54.4. The third-order valence-corrected chi connectivity index (χ3v) is 6.65. The van der Waals surface area contributed by atoms with Gasteiger partial charge in [-0.2, -0.15) is 13.2 Å². The fraction of sp³-hybridized carbons (Fsp3) is 0.286. The van der Waals surface area contributed by atoms with E-state index < -0.39 is 23.7 Å². The van der Waals surface area contributed by atoms with E-state index in [9.17, 15) is 22.8 Å². The highest BCUT2D eigenvalue weighted by atomic mass is 19.4. The molecule has 0 aliphatic carbocycles. The Kier molecular flexibility index (Phi) is 7.79. The number of nitrogens with two attached hydrogens (primary N) is 1. The van der Waals surface area contributed by atoms with E-state index in [-0.39, 0.29) is 29.8 Å². The van der Waals surface area contributed by atoms with Crippen LogP contribution in [0.25, 0.3) is 10.9 Å². The van der Waals surface area contributed by atoms with Crippen LogP contribution >= 0.6 is 0 Å². The van der Waals surface area contributed by atoms with Gasteiger partial charge in [-0.1, -0.05) is 0 Å². The average Bonchev–Trinajstić information content (AvgIpc) is 3.33. The summed E-state index contributed by atoms with van der Waals surface area (Å²) in [6, 6.07) is 11.0. The number of nitrogens with one attached hydrogen (secondary N) is 1. The number of carbonyl (C=O) groups excluding carboxylic acids is 2. The summed E-state index contributed by atoms with van der Waals surface area (Å²) in [7, 11) is 1.96. The molecule has 214 valence electrons. The number of rotatable bonds is 7. The molecule has 3 N–H and O–H groups in total. The molecule has 1 fully saturated rings. The predicted octanol–water partition coefficient (Wildman–Crippen LogP) is 4.82. The van der Waals surface area contributed by atoms with E-state index in [2.05, 4.69) is 20.2 Å². The van der Waals surface area contributed by atoms with E-state index in [0.717, 1.165) is 19.2 Å². The highest BCUT2D eigenvalue weighted by Gasteiger charge is 2.36. The lowest BCUT2D eigenvalue weighted by molar-refractivity contribution is -0.139. The summed E-state index contributed by atoms with van der Waals surface area (Å²) in [5.41, 5.74) is 5.15. The van der Waals surface area contributed by atoms with Crippen molar-refractivity contribution in [3.8, 4) is 17.4 Å². The van der Waals surface area contributed by atoms with E-state index in [1.807, 2.05) is 7.05 Å². The van der Waals surface area contributed by atoms with Crippen molar-refractivity contribution in [1.82, 2.24) is 19.4 Å². The van der Waals surface area contributed by atoms with Gasteiger partial charge in [0, 0.05) is 36.4 Å². The molecule has 0 spiro atoms. The quantitative estimate of drug-likeness (QED) is 0.327. The zero-order chi connectivity index (χ0) is 29.1. The summed E-state index contributed by atoms with van der Waals surface area (Å²) in [4.78, 5) is 34.3. The van der Waals surface area contributed by atoms with E-state index in [1.165, 1.54) is 35.3 Å². The maximum atomic E-state index is 13.9. The summed E-state index contributed by atoms with van der Waals surface area (Å²) in [5, 5.41) is 3.18. The van der Waals surface area contributed by atoms with Gasteiger partial charge in [-0.15, -0.1) is 0 Å². The van der Waals surface area contributed by atoms with E-state index in [0.29, 0.717) is 35.2 Å². The molecule has 10 nitrogen and oxygen atoms in total. The molecule has 2 aromatic carbocycles. The third kappa shape index (κ3) is 6.74. The minimum Gasteiger partial charge on any atom is -0.490 e. The SMILES string of the molecule is CN1CCC(Oc2ccc(NC(=O)n3ccc4cc(Oc5cc(CC(N)=O)ncn5)ccc43)cc2C(F)(F)F)CC1. The number of alkyl halides is 3. The van der Waals surface area contributed by atoms with Crippen LogP contribution in [0.4, 0.5) is 23.7 Å². The van der Waals surface area contributed by atoms with Crippen molar-refractivity contribution in [1.29, 1.82) is 0 Å². The van der Waals surface area contributed by atoms with Crippen LogP contribution in [0.1, 0.15) is 24.1 Å². The molecule has 0 saturated carbocycles. The molecule has 2 aromatic heterocycles. The second-order valence-electron chi connectivity index (χ2n) is 9.76. The summed E-state index contributed by atoms with van der Waals surface area (Å²) in [5.74, 6) is -0.178. The number of ether oxygens (including phenoxy) is 2. The molecule has 1 aliphatic rings. The van der Waals surface area contributed by atoms with E-state index in [4.69, 9.17) is 15.2 Å². The first-order valence-electron chi connectivity index (χ1n) is 12.8. The van der Waals surface area contributed by atoms with Crippen LogP contribution in [-0.2, 0) is 17.4 Å². The monoisotopic (exact) mass is 568 g/mol. The number of hydrogen-bond donors (Lipinski definition) is 2. The number of fused-ring (bicyclic) bond motifs is 1. The van der Waals surface area contributed by atoms with Gasteiger partial charge in [-0.05, 0) is 62.4 Å². The van der Waals surface area contributed by atoms with Gasteiger partial charge in [-0.25, -0.2) is 14.8 Å². The zero-order valence-electron chi connectivity index (χ0n) is 22.0. The maximum Gasteiger partial charge on any atom is 0.420 e. The van der Waals surface area contributed by atoms with E-state index in [1.54, 1.807) is 24.3 Å². The van der Waals surface area contributed by atoms with Gasteiger partial charge in [0.05, 0.1) is 23.2 Å². The minimum atomic E-state index is -4.66.